The van der Waals surface area contributed by atoms with Crippen molar-refractivity contribution in [3.63, 3.8) is 0 Å². The van der Waals surface area contributed by atoms with Crippen LogP contribution in [0.1, 0.15) is 19.4 Å². The van der Waals surface area contributed by atoms with Crippen molar-refractivity contribution in [2.45, 2.75) is 19.9 Å². The highest BCUT2D eigenvalue weighted by atomic mass is 19.1. The van der Waals surface area contributed by atoms with Crippen LogP contribution in [0.25, 0.3) is 10.9 Å². The van der Waals surface area contributed by atoms with Crippen molar-refractivity contribution in [2.24, 2.45) is 0 Å². The number of ketones is 1. The second kappa shape index (κ2) is 12.7. The number of methoxy groups -OCH3 is 2. The molecule has 2 aromatic heterocycles. The van der Waals surface area contributed by atoms with Gasteiger partial charge in [-0.05, 0) is 56.3 Å². The predicted octanol–water partition coefficient (Wildman–Crippen LogP) is 5.04. The van der Waals surface area contributed by atoms with E-state index in [1.54, 1.807) is 43.6 Å². The van der Waals surface area contributed by atoms with E-state index in [4.69, 9.17) is 19.6 Å². The molecule has 41 heavy (non-hydrogen) atoms. The van der Waals surface area contributed by atoms with Crippen LogP contribution in [0.5, 0.6) is 23.1 Å². The molecule has 0 spiro atoms. The average molecular weight is 558 g/mol. The largest absolute Gasteiger partial charge is 0.493 e. The molecule has 2 aromatic carbocycles. The van der Waals surface area contributed by atoms with Gasteiger partial charge in [0.1, 0.15) is 22.9 Å². The lowest BCUT2D eigenvalue weighted by molar-refractivity contribution is -0.117. The highest BCUT2D eigenvalue weighted by Gasteiger charge is 2.24. The third kappa shape index (κ3) is 6.82. The molecule has 210 valence electrons. The maximum absolute atomic E-state index is 13.3. The zero-order chi connectivity index (χ0) is 29.5. The fourth-order valence-electron chi connectivity index (χ4n) is 3.73. The first kappa shape index (κ1) is 28.7. The quantitative estimate of drug-likeness (QED) is 0.101. The molecule has 0 radical (unpaired) electrons. The summed E-state index contributed by atoms with van der Waals surface area (Å²) in [4.78, 5) is 34.8. The molecule has 3 N–H and O–H groups in total. The summed E-state index contributed by atoms with van der Waals surface area (Å²) < 4.78 is 30.0. The molecule has 0 saturated carbocycles. The summed E-state index contributed by atoms with van der Waals surface area (Å²) >= 11 is 0. The molecule has 0 atom stereocenters. The fraction of sp³-hybridized carbons (Fsp3) is 0.167. The fourth-order valence-corrected chi connectivity index (χ4v) is 3.73. The Kier molecular flexibility index (Phi) is 8.88. The Morgan fingerprint density at radius 2 is 1.66 bits per heavy atom. The number of pyridine rings is 2. The van der Waals surface area contributed by atoms with Gasteiger partial charge in [-0.15, -0.1) is 0 Å². The molecule has 11 heteroatoms. The zero-order valence-corrected chi connectivity index (χ0v) is 22.8. The number of carbonyl (C=O) groups excluding carboxylic acids is 2. The number of halogens is 1. The molecule has 0 saturated heterocycles. The van der Waals surface area contributed by atoms with Crippen LogP contribution in [0, 0.1) is 11.2 Å². The maximum Gasteiger partial charge on any atom is 0.261 e. The van der Waals surface area contributed by atoms with Crippen LogP contribution in [0.4, 0.5) is 10.1 Å². The van der Waals surface area contributed by atoms with Gasteiger partial charge in [-0.25, -0.2) is 9.37 Å². The van der Waals surface area contributed by atoms with E-state index >= 15 is 0 Å². The van der Waals surface area contributed by atoms with Gasteiger partial charge in [0.25, 0.3) is 5.91 Å². The van der Waals surface area contributed by atoms with E-state index in [0.717, 1.165) is 12.1 Å². The molecule has 0 aliphatic heterocycles. The third-order valence-electron chi connectivity index (χ3n) is 5.83. The first-order valence-electron chi connectivity index (χ1n) is 12.5. The number of amides is 1. The first-order chi connectivity index (χ1) is 19.7. The molecule has 0 aliphatic carbocycles. The minimum atomic E-state index is -0.827. The molecule has 0 fully saturated rings. The van der Waals surface area contributed by atoms with E-state index < -0.39 is 23.2 Å². The van der Waals surface area contributed by atoms with Gasteiger partial charge in [0.2, 0.25) is 11.7 Å². The molecule has 0 unspecified atom stereocenters. The van der Waals surface area contributed by atoms with Crippen LogP contribution in [-0.2, 0) is 9.59 Å². The first-order valence-corrected chi connectivity index (χ1v) is 12.5. The summed E-state index contributed by atoms with van der Waals surface area (Å²) in [7, 11) is 3.08. The number of carbonyl (C=O) groups is 2. The van der Waals surface area contributed by atoms with Crippen molar-refractivity contribution in [3.8, 4) is 23.1 Å². The number of hydrogen-bond acceptors (Lipinski definition) is 9. The number of rotatable bonds is 11. The minimum absolute atomic E-state index is 0.0750. The van der Waals surface area contributed by atoms with Crippen LogP contribution >= 0.6 is 0 Å². The second-order valence-electron chi connectivity index (χ2n) is 9.07. The van der Waals surface area contributed by atoms with Crippen molar-refractivity contribution in [2.75, 3.05) is 19.5 Å². The number of nitrogens with zero attached hydrogens (tertiary/aromatic N) is 2. The highest BCUT2D eigenvalue weighted by molar-refractivity contribution is 6.55. The van der Waals surface area contributed by atoms with Crippen LogP contribution < -0.4 is 24.8 Å². The molecular weight excluding hydrogens is 529 g/mol. The van der Waals surface area contributed by atoms with Gasteiger partial charge in [-0.2, -0.15) is 0 Å². The van der Waals surface area contributed by atoms with Crippen molar-refractivity contribution < 1.29 is 28.2 Å². The zero-order valence-electron chi connectivity index (χ0n) is 22.8. The van der Waals surface area contributed by atoms with Crippen LogP contribution in [-0.4, -0.2) is 47.6 Å². The Morgan fingerprint density at radius 1 is 0.951 bits per heavy atom. The Balaban J connectivity index is 1.52. The number of ether oxygens (including phenoxy) is 3. The minimum Gasteiger partial charge on any atom is -0.493 e. The average Bonchev–Trinajstić information content (AvgIpc) is 2.97. The molecule has 4 rings (SSSR count). The topological polar surface area (TPSA) is 136 Å². The summed E-state index contributed by atoms with van der Waals surface area (Å²) in [6, 6.07) is 13.1. The van der Waals surface area contributed by atoms with Crippen molar-refractivity contribution in [1.29, 1.82) is 5.41 Å². The Labute approximate surface area is 235 Å². The lowest BCUT2D eigenvalue weighted by atomic mass is 10.0. The smallest absolute Gasteiger partial charge is 0.261 e. The Bertz CT molecular complexity index is 1620. The number of Topliss-reactive ketones (excluding diaryl/α,β-unsaturated/α-hetero) is 1. The SMILES string of the molecule is COc1cc2nccc(Oc3ccc(NC(=O)/C(=C/NC(C)C)C(=O)C(=N)c4ccc(F)cc4)cn3)c2cc1OC. The summed E-state index contributed by atoms with van der Waals surface area (Å²) in [6.07, 6.45) is 4.24. The van der Waals surface area contributed by atoms with E-state index in [9.17, 15) is 14.0 Å². The van der Waals surface area contributed by atoms with Crippen LogP contribution in [0.3, 0.4) is 0 Å². The summed E-state index contributed by atoms with van der Waals surface area (Å²) in [5, 5.41) is 14.5. The van der Waals surface area contributed by atoms with Gasteiger partial charge in [-0.1, -0.05) is 0 Å². The van der Waals surface area contributed by atoms with Gasteiger partial charge in [0, 0.05) is 41.5 Å². The molecule has 10 nitrogen and oxygen atoms in total. The van der Waals surface area contributed by atoms with Gasteiger partial charge < -0.3 is 24.8 Å². The number of anilines is 1. The van der Waals surface area contributed by atoms with Crippen LogP contribution in [0.15, 0.2) is 78.8 Å². The number of aromatic nitrogens is 2. The maximum atomic E-state index is 13.3. The second-order valence-corrected chi connectivity index (χ2v) is 9.07. The van der Waals surface area contributed by atoms with Gasteiger partial charge in [0.05, 0.1) is 31.6 Å². The van der Waals surface area contributed by atoms with Crippen molar-refractivity contribution in [1.82, 2.24) is 15.3 Å². The monoisotopic (exact) mass is 557 g/mol. The van der Waals surface area contributed by atoms with Gasteiger partial charge >= 0.3 is 0 Å². The molecule has 4 aromatic rings. The molecule has 2 heterocycles. The Hall–Kier alpha value is -5.32. The van der Waals surface area contributed by atoms with Crippen molar-refractivity contribution >= 4 is 34.0 Å². The lowest BCUT2D eigenvalue weighted by Crippen LogP contribution is -2.29. The lowest BCUT2D eigenvalue weighted by Gasteiger charge is -2.13. The molecule has 0 aliphatic rings. The highest BCUT2D eigenvalue weighted by Crippen LogP contribution is 2.36. The Morgan fingerprint density at radius 3 is 2.29 bits per heavy atom. The van der Waals surface area contributed by atoms with E-state index in [1.165, 1.54) is 31.6 Å². The number of benzene rings is 2. The van der Waals surface area contributed by atoms with E-state index in [2.05, 4.69) is 20.6 Å². The van der Waals surface area contributed by atoms with E-state index in [1.807, 2.05) is 13.8 Å². The molecule has 1 amide bonds. The summed E-state index contributed by atoms with van der Waals surface area (Å²) in [6.45, 7) is 3.67. The molecule has 0 bridgehead atoms. The molecular formula is C30H28FN5O5. The number of fused-ring (bicyclic) bond motifs is 1. The predicted molar refractivity (Wildman–Crippen MR) is 152 cm³/mol. The summed E-state index contributed by atoms with van der Waals surface area (Å²) in [5.74, 6) is -0.292. The van der Waals surface area contributed by atoms with Crippen molar-refractivity contribution in [3.05, 3.63) is 90.1 Å². The third-order valence-corrected chi connectivity index (χ3v) is 5.83. The summed E-state index contributed by atoms with van der Waals surface area (Å²) in [5.41, 5.74) is 0.375. The van der Waals surface area contributed by atoms with E-state index in [0.29, 0.717) is 33.8 Å². The van der Waals surface area contributed by atoms with Crippen LogP contribution in [0.2, 0.25) is 0 Å². The number of nitrogens with one attached hydrogen (secondary N) is 3. The standard InChI is InChI=1S/C30H28FN5O5/c1-17(2)34-16-22(29(37)28(32)18-5-7-19(31)8-6-18)30(38)36-20-9-10-27(35-15-20)41-24-11-12-33-23-14-26(40-4)25(39-3)13-21(23)24/h5-17,32,34H,1-4H3,(H,36,38)/b22-16+,32-28?. The normalized spacial score (nSPS) is 11.2. The van der Waals surface area contributed by atoms with Gasteiger partial charge in [-0.3, -0.25) is 20.0 Å². The van der Waals surface area contributed by atoms with E-state index in [-0.39, 0.29) is 23.1 Å². The number of hydrogen-bond donors (Lipinski definition) is 3. The van der Waals surface area contributed by atoms with Gasteiger partial charge in [0.15, 0.2) is 11.5 Å².